The zero-order chi connectivity index (χ0) is 17.5. The van der Waals surface area contributed by atoms with Gasteiger partial charge in [-0.1, -0.05) is 29.3 Å². The van der Waals surface area contributed by atoms with Gasteiger partial charge in [-0.3, -0.25) is 9.59 Å². The Labute approximate surface area is 152 Å². The van der Waals surface area contributed by atoms with Crippen LogP contribution < -0.4 is 10.2 Å². The van der Waals surface area contributed by atoms with Gasteiger partial charge in [0.2, 0.25) is 5.91 Å². The number of carbonyl (C=O) groups is 2. The molecule has 1 fully saturated rings. The zero-order valence-electron chi connectivity index (χ0n) is 13.9. The molecule has 1 aromatic rings. The summed E-state index contributed by atoms with van der Waals surface area (Å²) in [6, 6.07) is 5.02. The third-order valence-electron chi connectivity index (χ3n) is 4.25. The summed E-state index contributed by atoms with van der Waals surface area (Å²) in [5, 5.41) is 3.42. The number of para-hydroxylation sites is 1. The second kappa shape index (κ2) is 9.25. The van der Waals surface area contributed by atoms with Crippen molar-refractivity contribution in [3.05, 3.63) is 28.2 Å². The number of quaternary nitrogens is 1. The van der Waals surface area contributed by atoms with Gasteiger partial charge in [-0.25, -0.2) is 0 Å². The molecule has 2 N–H and O–H groups in total. The molecule has 1 aliphatic heterocycles. The van der Waals surface area contributed by atoms with E-state index in [1.807, 2.05) is 0 Å². The van der Waals surface area contributed by atoms with Gasteiger partial charge in [0.05, 0.1) is 35.4 Å². The summed E-state index contributed by atoms with van der Waals surface area (Å²) in [6.07, 6.45) is 4.82. The van der Waals surface area contributed by atoms with Crippen molar-refractivity contribution in [2.75, 3.05) is 38.5 Å². The van der Waals surface area contributed by atoms with Gasteiger partial charge in [-0.2, -0.15) is 0 Å². The molecule has 0 radical (unpaired) electrons. The van der Waals surface area contributed by atoms with Crippen molar-refractivity contribution in [1.29, 1.82) is 0 Å². The first kappa shape index (κ1) is 19.0. The van der Waals surface area contributed by atoms with Crippen LogP contribution in [0.5, 0.6) is 0 Å². The molecule has 0 bridgehead atoms. The largest absolute Gasteiger partial charge is 0.332 e. The third-order valence-corrected chi connectivity index (χ3v) is 4.88. The van der Waals surface area contributed by atoms with Crippen molar-refractivity contribution < 1.29 is 14.5 Å². The van der Waals surface area contributed by atoms with Crippen LogP contribution in [-0.2, 0) is 9.59 Å². The molecule has 5 nitrogen and oxygen atoms in total. The van der Waals surface area contributed by atoms with Gasteiger partial charge in [0.25, 0.3) is 5.91 Å². The van der Waals surface area contributed by atoms with Crippen molar-refractivity contribution in [3.63, 3.8) is 0 Å². The monoisotopic (exact) mass is 372 g/mol. The summed E-state index contributed by atoms with van der Waals surface area (Å²) in [4.78, 5) is 27.2. The molecule has 0 atom stereocenters. The van der Waals surface area contributed by atoms with E-state index in [4.69, 9.17) is 23.2 Å². The Bertz CT molecular complexity index is 567. The van der Waals surface area contributed by atoms with Crippen molar-refractivity contribution in [3.8, 4) is 0 Å². The first-order valence-electron chi connectivity index (χ1n) is 8.29. The molecule has 1 aliphatic rings. The number of anilines is 1. The Morgan fingerprint density at radius 3 is 2.29 bits per heavy atom. The Kier molecular flexibility index (Phi) is 7.34. The highest BCUT2D eigenvalue weighted by atomic mass is 35.5. The molecular formula is C17H24Cl2N3O2+. The molecule has 0 spiro atoms. The first-order valence-corrected chi connectivity index (χ1v) is 9.04. The summed E-state index contributed by atoms with van der Waals surface area (Å²) in [6.45, 7) is 2.48. The average Bonchev–Trinajstić information content (AvgIpc) is 2.79. The minimum Gasteiger partial charge on any atom is -0.332 e. The number of nitrogens with zero attached hydrogens (tertiary/aromatic N) is 1. The van der Waals surface area contributed by atoms with Crippen LogP contribution in [0.2, 0.25) is 10.0 Å². The second-order valence-electron chi connectivity index (χ2n) is 6.24. The average molecular weight is 373 g/mol. The predicted molar refractivity (Wildman–Crippen MR) is 96.8 cm³/mol. The normalized spacial score (nSPS) is 15.6. The molecular weight excluding hydrogens is 349 g/mol. The molecule has 2 rings (SSSR count). The van der Waals surface area contributed by atoms with Crippen LogP contribution >= 0.6 is 23.2 Å². The number of carbonyl (C=O) groups excluding carboxylic acids is 2. The van der Waals surface area contributed by atoms with E-state index < -0.39 is 0 Å². The number of halogens is 2. The fourth-order valence-corrected chi connectivity index (χ4v) is 3.35. The summed E-state index contributed by atoms with van der Waals surface area (Å²) in [7, 11) is 1.65. The van der Waals surface area contributed by atoms with E-state index in [0.717, 1.165) is 25.9 Å². The molecule has 7 heteroatoms. The molecule has 1 aromatic carbocycles. The number of likely N-dealkylation sites (N-methyl/N-ethyl adjacent to an activating group) is 1. The highest BCUT2D eigenvalue weighted by Crippen LogP contribution is 2.29. The molecule has 2 amide bonds. The Morgan fingerprint density at radius 1 is 1.12 bits per heavy atom. The Hall–Kier alpha value is -1.30. The summed E-state index contributed by atoms with van der Waals surface area (Å²) in [5.74, 6) is -0.334. The van der Waals surface area contributed by atoms with Crippen LogP contribution in [0, 0.1) is 0 Å². The van der Waals surface area contributed by atoms with Crippen LogP contribution in [-0.4, -0.2) is 49.9 Å². The standard InChI is InChI=1S/C17H23Cl2N3O2/c1-21(16(24)12-22-9-4-2-3-5-10-22)11-15(23)20-17-13(18)7-6-8-14(17)19/h6-8H,2-5,9-12H2,1H3,(H,20,23)/p+1. The predicted octanol–water partition coefficient (Wildman–Crippen LogP) is 1.85. The lowest BCUT2D eigenvalue weighted by atomic mass is 10.2. The van der Waals surface area contributed by atoms with Gasteiger partial charge in [-0.05, 0) is 37.8 Å². The van der Waals surface area contributed by atoms with Crippen LogP contribution in [0.15, 0.2) is 18.2 Å². The highest BCUT2D eigenvalue weighted by molar-refractivity contribution is 6.39. The van der Waals surface area contributed by atoms with Gasteiger partial charge < -0.3 is 15.1 Å². The fourth-order valence-electron chi connectivity index (χ4n) is 2.85. The van der Waals surface area contributed by atoms with Crippen LogP contribution in [0.25, 0.3) is 0 Å². The Balaban J connectivity index is 1.85. The Morgan fingerprint density at radius 2 is 1.71 bits per heavy atom. The number of hydrogen-bond acceptors (Lipinski definition) is 2. The number of amides is 2. The zero-order valence-corrected chi connectivity index (χ0v) is 15.4. The lowest BCUT2D eigenvalue weighted by molar-refractivity contribution is -0.891. The third kappa shape index (κ3) is 5.65. The lowest BCUT2D eigenvalue weighted by Gasteiger charge is -2.21. The van der Waals surface area contributed by atoms with E-state index in [2.05, 4.69) is 5.32 Å². The number of nitrogens with one attached hydrogen (secondary N) is 2. The van der Waals surface area contributed by atoms with E-state index >= 15 is 0 Å². The minimum absolute atomic E-state index is 0.0202. The maximum absolute atomic E-state index is 12.3. The highest BCUT2D eigenvalue weighted by Gasteiger charge is 2.21. The molecule has 1 saturated heterocycles. The molecule has 0 saturated carbocycles. The van der Waals surface area contributed by atoms with Crippen LogP contribution in [0.4, 0.5) is 5.69 Å². The second-order valence-corrected chi connectivity index (χ2v) is 7.05. The topological polar surface area (TPSA) is 53.9 Å². The summed E-state index contributed by atoms with van der Waals surface area (Å²) < 4.78 is 0. The smallest absolute Gasteiger partial charge is 0.277 e. The summed E-state index contributed by atoms with van der Waals surface area (Å²) >= 11 is 12.1. The van der Waals surface area contributed by atoms with Crippen molar-refractivity contribution >= 4 is 40.7 Å². The quantitative estimate of drug-likeness (QED) is 0.828. The fraction of sp³-hybridized carbons (Fsp3) is 0.529. The van der Waals surface area contributed by atoms with E-state index in [0.29, 0.717) is 22.3 Å². The minimum atomic E-state index is -0.313. The summed E-state index contributed by atoms with van der Waals surface area (Å²) in [5.41, 5.74) is 0.379. The number of likely N-dealkylation sites (tertiary alicyclic amines) is 1. The van der Waals surface area contributed by atoms with E-state index in [1.54, 1.807) is 25.2 Å². The number of hydrogen-bond donors (Lipinski definition) is 2. The molecule has 0 unspecified atom stereocenters. The van der Waals surface area contributed by atoms with Gasteiger partial charge in [0.15, 0.2) is 6.54 Å². The molecule has 0 aliphatic carbocycles. The lowest BCUT2D eigenvalue weighted by Crippen LogP contribution is -3.13. The maximum Gasteiger partial charge on any atom is 0.277 e. The number of benzene rings is 1. The van der Waals surface area contributed by atoms with Gasteiger partial charge in [0, 0.05) is 7.05 Å². The maximum atomic E-state index is 12.3. The van der Waals surface area contributed by atoms with Gasteiger partial charge >= 0.3 is 0 Å². The van der Waals surface area contributed by atoms with Crippen LogP contribution in [0.1, 0.15) is 25.7 Å². The van der Waals surface area contributed by atoms with Gasteiger partial charge in [0.1, 0.15) is 0 Å². The molecule has 0 aromatic heterocycles. The van der Waals surface area contributed by atoms with E-state index in [9.17, 15) is 9.59 Å². The first-order chi connectivity index (χ1) is 11.5. The molecule has 132 valence electrons. The molecule has 24 heavy (non-hydrogen) atoms. The van der Waals surface area contributed by atoms with E-state index in [1.165, 1.54) is 22.6 Å². The SMILES string of the molecule is CN(CC(=O)Nc1c(Cl)cccc1Cl)C(=O)C[NH+]1CCCCCC1. The molecule has 1 heterocycles. The van der Waals surface area contributed by atoms with Crippen molar-refractivity contribution in [2.24, 2.45) is 0 Å². The van der Waals surface area contributed by atoms with E-state index in [-0.39, 0.29) is 18.4 Å². The van der Waals surface area contributed by atoms with Gasteiger partial charge in [-0.15, -0.1) is 0 Å². The van der Waals surface area contributed by atoms with Crippen molar-refractivity contribution in [1.82, 2.24) is 4.90 Å². The number of rotatable bonds is 5. The van der Waals surface area contributed by atoms with Crippen LogP contribution in [0.3, 0.4) is 0 Å². The van der Waals surface area contributed by atoms with Crippen molar-refractivity contribution in [2.45, 2.75) is 25.7 Å².